The molecule has 1 N–H and O–H groups in total. The summed E-state index contributed by atoms with van der Waals surface area (Å²) in [5, 5.41) is 3.67. The lowest BCUT2D eigenvalue weighted by Gasteiger charge is -2.21. The van der Waals surface area contributed by atoms with Gasteiger partial charge in [0.1, 0.15) is 5.75 Å². The minimum atomic E-state index is 0.421. The Balaban J connectivity index is 2.10. The molecule has 0 radical (unpaired) electrons. The van der Waals surface area contributed by atoms with Crippen LogP contribution in [0, 0.1) is 0 Å². The Morgan fingerprint density at radius 1 is 1.32 bits per heavy atom. The van der Waals surface area contributed by atoms with Crippen molar-refractivity contribution in [1.82, 2.24) is 5.32 Å². The molecule has 2 rings (SSSR count). The van der Waals surface area contributed by atoms with Crippen molar-refractivity contribution in [2.45, 2.75) is 39.2 Å². The maximum absolute atomic E-state index is 5.85. The monoisotopic (exact) mass is 279 g/mol. The van der Waals surface area contributed by atoms with E-state index in [1.54, 1.807) is 0 Å². The summed E-state index contributed by atoms with van der Waals surface area (Å²) in [5.74, 6) is 3.52. The largest absolute Gasteiger partial charge is 0.493 e. The lowest BCUT2D eigenvalue weighted by molar-refractivity contribution is 0.349. The molecule has 1 aromatic rings. The van der Waals surface area contributed by atoms with Gasteiger partial charge in [-0.15, -0.1) is 0 Å². The molecule has 1 unspecified atom stereocenters. The van der Waals surface area contributed by atoms with E-state index < -0.39 is 0 Å². The first-order valence-corrected chi connectivity index (χ1v) is 8.58. The molecule has 0 saturated carbocycles. The summed E-state index contributed by atoms with van der Waals surface area (Å²) in [6.07, 6.45) is 3.48. The fraction of sp³-hybridized carbons (Fsp3) is 0.625. The zero-order valence-corrected chi connectivity index (χ0v) is 12.9. The van der Waals surface area contributed by atoms with Gasteiger partial charge in [0, 0.05) is 23.8 Å². The lowest BCUT2D eigenvalue weighted by Crippen LogP contribution is -2.24. The van der Waals surface area contributed by atoms with Crippen molar-refractivity contribution in [2.75, 3.05) is 24.7 Å². The van der Waals surface area contributed by atoms with Gasteiger partial charge in [-0.05, 0) is 30.7 Å². The number of hydrogen-bond donors (Lipinski definition) is 1. The van der Waals surface area contributed by atoms with Gasteiger partial charge >= 0.3 is 0 Å². The van der Waals surface area contributed by atoms with Crippen LogP contribution in [-0.4, -0.2) is 24.7 Å². The Hall–Kier alpha value is -0.670. The number of fused-ring (bicyclic) bond motifs is 1. The van der Waals surface area contributed by atoms with Crippen LogP contribution in [-0.2, 0) is 6.42 Å². The minimum absolute atomic E-state index is 0.421. The van der Waals surface area contributed by atoms with Crippen LogP contribution in [0.4, 0.5) is 0 Å². The van der Waals surface area contributed by atoms with Gasteiger partial charge in [0.05, 0.1) is 6.61 Å². The maximum atomic E-state index is 5.85. The van der Waals surface area contributed by atoms with Gasteiger partial charge < -0.3 is 10.1 Å². The molecule has 1 aromatic carbocycles. The third-order valence-electron chi connectivity index (χ3n) is 3.39. The number of rotatable bonds is 8. The molecule has 3 heteroatoms. The van der Waals surface area contributed by atoms with E-state index in [4.69, 9.17) is 4.74 Å². The summed E-state index contributed by atoms with van der Waals surface area (Å²) in [7, 11) is 0. The van der Waals surface area contributed by atoms with E-state index in [-0.39, 0.29) is 0 Å². The Morgan fingerprint density at radius 3 is 3.00 bits per heavy atom. The third kappa shape index (κ3) is 3.90. The topological polar surface area (TPSA) is 21.3 Å². The summed E-state index contributed by atoms with van der Waals surface area (Å²) < 4.78 is 5.85. The number of benzene rings is 1. The SMILES string of the molecule is CCCNC(CSCCC)c1cccc2c1OCC2. The summed E-state index contributed by atoms with van der Waals surface area (Å²) in [5.41, 5.74) is 2.73. The van der Waals surface area contributed by atoms with Gasteiger partial charge in [-0.1, -0.05) is 32.0 Å². The highest BCUT2D eigenvalue weighted by atomic mass is 32.2. The van der Waals surface area contributed by atoms with Gasteiger partial charge in [-0.3, -0.25) is 0 Å². The molecule has 19 heavy (non-hydrogen) atoms. The number of thioether (sulfide) groups is 1. The van der Waals surface area contributed by atoms with E-state index in [0.29, 0.717) is 6.04 Å². The quantitative estimate of drug-likeness (QED) is 0.731. The molecular weight excluding hydrogens is 254 g/mol. The Bertz CT molecular complexity index is 394. The molecule has 0 saturated heterocycles. The van der Waals surface area contributed by atoms with Crippen molar-refractivity contribution < 1.29 is 4.74 Å². The molecule has 2 nitrogen and oxygen atoms in total. The van der Waals surface area contributed by atoms with Gasteiger partial charge in [-0.25, -0.2) is 0 Å². The van der Waals surface area contributed by atoms with Crippen LogP contribution in [0.3, 0.4) is 0 Å². The van der Waals surface area contributed by atoms with E-state index in [1.807, 2.05) is 11.8 Å². The maximum Gasteiger partial charge on any atom is 0.127 e. The van der Waals surface area contributed by atoms with Crippen LogP contribution in [0.15, 0.2) is 18.2 Å². The fourth-order valence-corrected chi connectivity index (χ4v) is 3.43. The number of nitrogens with one attached hydrogen (secondary N) is 1. The predicted octanol–water partition coefficient (Wildman–Crippen LogP) is 3.81. The van der Waals surface area contributed by atoms with Crippen molar-refractivity contribution in [2.24, 2.45) is 0 Å². The van der Waals surface area contributed by atoms with E-state index in [2.05, 4.69) is 37.4 Å². The highest BCUT2D eigenvalue weighted by Gasteiger charge is 2.21. The Kier molecular flexibility index (Phi) is 6.05. The van der Waals surface area contributed by atoms with E-state index in [0.717, 1.165) is 31.1 Å². The minimum Gasteiger partial charge on any atom is -0.493 e. The van der Waals surface area contributed by atoms with E-state index in [9.17, 15) is 0 Å². The zero-order valence-electron chi connectivity index (χ0n) is 12.1. The van der Waals surface area contributed by atoms with Crippen LogP contribution in [0.2, 0.25) is 0 Å². The van der Waals surface area contributed by atoms with Gasteiger partial charge in [-0.2, -0.15) is 11.8 Å². The number of para-hydroxylation sites is 1. The molecule has 1 aliphatic heterocycles. The standard InChI is InChI=1S/C16H25NOS/c1-3-9-17-15(12-19-11-4-2)14-7-5-6-13-8-10-18-16(13)14/h5-7,15,17H,3-4,8-12H2,1-2H3. The molecule has 1 atom stereocenters. The molecule has 0 bridgehead atoms. The molecule has 1 heterocycles. The molecule has 0 amide bonds. The van der Waals surface area contributed by atoms with Crippen LogP contribution >= 0.6 is 11.8 Å². The molecule has 0 aromatic heterocycles. The molecule has 106 valence electrons. The van der Waals surface area contributed by atoms with Crippen molar-refractivity contribution in [3.8, 4) is 5.75 Å². The van der Waals surface area contributed by atoms with Crippen molar-refractivity contribution in [3.63, 3.8) is 0 Å². The zero-order chi connectivity index (χ0) is 13.5. The van der Waals surface area contributed by atoms with Crippen LogP contribution < -0.4 is 10.1 Å². The summed E-state index contributed by atoms with van der Waals surface area (Å²) in [4.78, 5) is 0. The van der Waals surface area contributed by atoms with Crippen molar-refractivity contribution in [1.29, 1.82) is 0 Å². The third-order valence-corrected chi connectivity index (χ3v) is 4.66. The van der Waals surface area contributed by atoms with E-state index >= 15 is 0 Å². The summed E-state index contributed by atoms with van der Waals surface area (Å²) in [6, 6.07) is 7.02. The van der Waals surface area contributed by atoms with Crippen LogP contribution in [0.5, 0.6) is 5.75 Å². The predicted molar refractivity (Wildman–Crippen MR) is 84.3 cm³/mol. The smallest absolute Gasteiger partial charge is 0.127 e. The van der Waals surface area contributed by atoms with E-state index in [1.165, 1.54) is 29.7 Å². The lowest BCUT2D eigenvalue weighted by atomic mass is 10.0. The summed E-state index contributed by atoms with van der Waals surface area (Å²) >= 11 is 2.03. The molecule has 1 aliphatic rings. The second kappa shape index (κ2) is 7.81. The molecule has 0 fully saturated rings. The first kappa shape index (κ1) is 14.7. The van der Waals surface area contributed by atoms with Crippen molar-refractivity contribution >= 4 is 11.8 Å². The fourth-order valence-electron chi connectivity index (χ4n) is 2.44. The number of ether oxygens (including phenoxy) is 1. The Morgan fingerprint density at radius 2 is 2.21 bits per heavy atom. The average Bonchev–Trinajstić information content (AvgIpc) is 2.91. The normalized spacial score (nSPS) is 15.1. The second-order valence-corrected chi connectivity index (χ2v) is 6.17. The van der Waals surface area contributed by atoms with Gasteiger partial charge in [0.25, 0.3) is 0 Å². The average molecular weight is 279 g/mol. The first-order valence-electron chi connectivity index (χ1n) is 7.42. The van der Waals surface area contributed by atoms with Gasteiger partial charge in [0.2, 0.25) is 0 Å². The van der Waals surface area contributed by atoms with Crippen LogP contribution in [0.1, 0.15) is 43.9 Å². The first-order chi connectivity index (χ1) is 9.36. The highest BCUT2D eigenvalue weighted by Crippen LogP contribution is 2.34. The second-order valence-electron chi connectivity index (χ2n) is 5.02. The molecular formula is C16H25NOS. The van der Waals surface area contributed by atoms with Crippen LogP contribution in [0.25, 0.3) is 0 Å². The van der Waals surface area contributed by atoms with Gasteiger partial charge in [0.15, 0.2) is 0 Å². The Labute approximate surface area is 121 Å². The summed E-state index contributed by atoms with van der Waals surface area (Å²) in [6.45, 7) is 6.37. The number of hydrogen-bond acceptors (Lipinski definition) is 3. The van der Waals surface area contributed by atoms with Crippen molar-refractivity contribution in [3.05, 3.63) is 29.3 Å². The molecule has 0 spiro atoms. The highest BCUT2D eigenvalue weighted by molar-refractivity contribution is 7.99. The molecule has 0 aliphatic carbocycles.